The summed E-state index contributed by atoms with van der Waals surface area (Å²) in [5, 5.41) is 14.5. The Bertz CT molecular complexity index is 631. The second kappa shape index (κ2) is 9.86. The SMILES string of the molecule is CN(C)C(=O)[C@](C)(NC(=O)C(C)(C)S)SC(S)[C@H](NC(=O)C(C)(C)S)C(=O)O. The molecule has 0 fully saturated rings. The van der Waals surface area contributed by atoms with Crippen molar-refractivity contribution in [1.29, 1.82) is 0 Å². The summed E-state index contributed by atoms with van der Waals surface area (Å²) < 4.78 is -3.25. The van der Waals surface area contributed by atoms with Gasteiger partial charge in [0, 0.05) is 14.1 Å². The van der Waals surface area contributed by atoms with Gasteiger partial charge in [-0.2, -0.15) is 37.9 Å². The van der Waals surface area contributed by atoms with Gasteiger partial charge >= 0.3 is 5.97 Å². The van der Waals surface area contributed by atoms with E-state index >= 15 is 0 Å². The Balaban J connectivity index is 5.75. The molecule has 3 atom stereocenters. The highest BCUT2D eigenvalue weighted by Gasteiger charge is 2.44. The third kappa shape index (κ3) is 7.96. The fourth-order valence-corrected chi connectivity index (χ4v) is 4.01. The lowest BCUT2D eigenvalue weighted by Gasteiger charge is -2.36. The van der Waals surface area contributed by atoms with Gasteiger partial charge in [-0.15, -0.1) is 11.8 Å². The molecule has 0 radical (unpaired) electrons. The van der Waals surface area contributed by atoms with E-state index in [-0.39, 0.29) is 0 Å². The Kier molecular flexibility index (Phi) is 9.60. The summed E-state index contributed by atoms with van der Waals surface area (Å²) in [7, 11) is 3.01. The normalized spacial score (nSPS) is 16.4. The number of carboxylic acid groups (broad SMARTS) is 1. The van der Waals surface area contributed by atoms with Crippen LogP contribution < -0.4 is 10.6 Å². The van der Waals surface area contributed by atoms with Crippen LogP contribution in [0.1, 0.15) is 34.6 Å². The zero-order valence-electron chi connectivity index (χ0n) is 16.9. The molecular weight excluding hydrogens is 442 g/mol. The van der Waals surface area contributed by atoms with Crippen molar-refractivity contribution in [3.05, 3.63) is 0 Å². The van der Waals surface area contributed by atoms with Gasteiger partial charge in [-0.3, -0.25) is 14.4 Å². The van der Waals surface area contributed by atoms with Gasteiger partial charge in [0.05, 0.1) is 14.1 Å². The van der Waals surface area contributed by atoms with Gasteiger partial charge in [0.15, 0.2) is 4.87 Å². The summed E-state index contributed by atoms with van der Waals surface area (Å²) >= 11 is 13.4. The molecule has 0 heterocycles. The first kappa shape index (κ1) is 27.3. The number of carboxylic acids is 1. The van der Waals surface area contributed by atoms with E-state index in [1.54, 1.807) is 13.8 Å². The quantitative estimate of drug-likeness (QED) is 0.220. The van der Waals surface area contributed by atoms with Crippen LogP contribution in [0, 0.1) is 0 Å². The first-order valence-corrected chi connectivity index (χ1v) is 10.5. The third-order valence-corrected chi connectivity index (χ3v) is 5.75. The van der Waals surface area contributed by atoms with Gasteiger partial charge in [0.1, 0.15) is 6.04 Å². The van der Waals surface area contributed by atoms with Crippen molar-refractivity contribution in [2.45, 2.75) is 59.6 Å². The van der Waals surface area contributed by atoms with Crippen molar-refractivity contribution >= 4 is 73.3 Å². The van der Waals surface area contributed by atoms with Gasteiger partial charge in [-0.05, 0) is 34.6 Å². The average Bonchev–Trinajstić information content (AvgIpc) is 2.48. The monoisotopic (exact) mass is 471 g/mol. The number of hydrogen-bond donors (Lipinski definition) is 6. The molecule has 0 aliphatic rings. The van der Waals surface area contributed by atoms with Crippen LogP contribution >= 0.6 is 49.6 Å². The molecule has 0 aromatic rings. The van der Waals surface area contributed by atoms with Crippen LogP contribution in [0.15, 0.2) is 0 Å². The van der Waals surface area contributed by atoms with E-state index in [0.717, 1.165) is 11.8 Å². The molecule has 0 aliphatic carbocycles. The molecule has 0 spiro atoms. The van der Waals surface area contributed by atoms with Crippen molar-refractivity contribution < 1.29 is 24.3 Å². The summed E-state index contributed by atoms with van der Waals surface area (Å²) in [5.74, 6) is -2.94. The Morgan fingerprint density at radius 2 is 1.39 bits per heavy atom. The number of nitrogens with zero attached hydrogens (tertiary/aromatic N) is 1. The standard InChI is InChI=1S/C16H29N3O5S4/c1-14(2,26)11(22)17-8(9(20)21)10(25)28-16(5,13(24)19(6)7)18-12(23)15(3,4)27/h8,10,25-27H,1-7H3,(H,17,22)(H,18,23)(H,20,21)/t8-,10?,16-/m1/s1. The van der Waals surface area contributed by atoms with Crippen molar-refractivity contribution in [3.63, 3.8) is 0 Å². The minimum atomic E-state index is -1.54. The number of thiol groups is 3. The van der Waals surface area contributed by atoms with Gasteiger partial charge < -0.3 is 20.6 Å². The molecule has 12 heteroatoms. The molecule has 0 saturated heterocycles. The first-order valence-electron chi connectivity index (χ1n) is 8.21. The Morgan fingerprint density at radius 1 is 0.964 bits per heavy atom. The lowest BCUT2D eigenvalue weighted by molar-refractivity contribution is -0.141. The van der Waals surface area contributed by atoms with Crippen LogP contribution in [0.2, 0.25) is 0 Å². The molecule has 1 unspecified atom stereocenters. The second-order valence-electron chi connectivity index (χ2n) is 7.60. The number of likely N-dealkylation sites (N-methyl/N-ethyl adjacent to an activating group) is 1. The van der Waals surface area contributed by atoms with Crippen molar-refractivity contribution in [1.82, 2.24) is 15.5 Å². The average molecular weight is 472 g/mol. The van der Waals surface area contributed by atoms with Gasteiger partial charge in [-0.1, -0.05) is 0 Å². The fourth-order valence-electron chi connectivity index (χ4n) is 1.81. The number of aliphatic carboxylic acids is 1. The van der Waals surface area contributed by atoms with E-state index in [2.05, 4.69) is 48.5 Å². The number of amides is 3. The highest BCUT2D eigenvalue weighted by Crippen LogP contribution is 2.34. The van der Waals surface area contributed by atoms with Crippen LogP contribution in [0.3, 0.4) is 0 Å². The van der Waals surface area contributed by atoms with Crippen LogP contribution in [0.4, 0.5) is 0 Å². The minimum Gasteiger partial charge on any atom is -0.480 e. The van der Waals surface area contributed by atoms with Crippen molar-refractivity contribution in [2.75, 3.05) is 14.1 Å². The maximum absolute atomic E-state index is 12.7. The van der Waals surface area contributed by atoms with Gasteiger partial charge in [0.25, 0.3) is 5.91 Å². The van der Waals surface area contributed by atoms with Crippen LogP contribution in [-0.2, 0) is 19.2 Å². The molecule has 0 rings (SSSR count). The molecule has 162 valence electrons. The fraction of sp³-hybridized carbons (Fsp3) is 0.750. The molecule has 0 aliphatic heterocycles. The van der Waals surface area contributed by atoms with Crippen LogP contribution in [-0.4, -0.2) is 72.8 Å². The van der Waals surface area contributed by atoms with E-state index < -0.39 is 48.7 Å². The molecular formula is C16H29N3O5S4. The Labute approximate surface area is 186 Å². The second-order valence-corrected chi connectivity index (χ2v) is 12.3. The number of hydrogen-bond acceptors (Lipinski definition) is 8. The molecule has 0 bridgehead atoms. The maximum atomic E-state index is 12.7. The topological polar surface area (TPSA) is 116 Å². The smallest absolute Gasteiger partial charge is 0.328 e. The van der Waals surface area contributed by atoms with E-state index in [1.807, 2.05) is 0 Å². The zero-order valence-corrected chi connectivity index (χ0v) is 20.4. The Hall–Kier alpha value is -0.720. The summed E-state index contributed by atoms with van der Waals surface area (Å²) in [6, 6.07) is -1.43. The summed E-state index contributed by atoms with van der Waals surface area (Å²) in [4.78, 5) is 48.7. The zero-order chi connectivity index (χ0) is 22.7. The van der Waals surface area contributed by atoms with Gasteiger partial charge in [0.2, 0.25) is 11.8 Å². The number of thioether (sulfide) groups is 1. The minimum absolute atomic E-state index is 0.479. The predicted molar refractivity (Wildman–Crippen MR) is 121 cm³/mol. The third-order valence-electron chi connectivity index (χ3n) is 3.47. The summed E-state index contributed by atoms with van der Waals surface area (Å²) in [5.41, 5.74) is 0. The van der Waals surface area contributed by atoms with Crippen molar-refractivity contribution in [2.24, 2.45) is 0 Å². The number of carbonyl (C=O) groups excluding carboxylic acids is 3. The van der Waals surface area contributed by atoms with E-state index in [9.17, 15) is 24.3 Å². The molecule has 0 aromatic carbocycles. The lowest BCUT2D eigenvalue weighted by Crippen LogP contribution is -2.59. The largest absolute Gasteiger partial charge is 0.480 e. The van der Waals surface area contributed by atoms with Crippen LogP contribution in [0.25, 0.3) is 0 Å². The van der Waals surface area contributed by atoms with E-state index in [0.29, 0.717) is 0 Å². The number of carbonyl (C=O) groups is 4. The molecule has 3 N–H and O–H groups in total. The van der Waals surface area contributed by atoms with Gasteiger partial charge in [-0.25, -0.2) is 4.79 Å². The first-order chi connectivity index (χ1) is 12.3. The molecule has 3 amide bonds. The van der Waals surface area contributed by atoms with E-state index in [1.165, 1.54) is 39.8 Å². The summed E-state index contributed by atoms with van der Waals surface area (Å²) in [6.07, 6.45) is 0. The molecule has 0 aromatic heterocycles. The van der Waals surface area contributed by atoms with Crippen LogP contribution in [0.5, 0.6) is 0 Å². The number of nitrogens with one attached hydrogen (secondary N) is 2. The molecule has 28 heavy (non-hydrogen) atoms. The highest BCUT2D eigenvalue weighted by atomic mass is 32.2. The lowest BCUT2D eigenvalue weighted by atomic mass is 10.1. The predicted octanol–water partition coefficient (Wildman–Crippen LogP) is 0.882. The molecule has 0 saturated carbocycles. The Morgan fingerprint density at radius 3 is 1.71 bits per heavy atom. The highest BCUT2D eigenvalue weighted by molar-refractivity contribution is 8.11. The van der Waals surface area contributed by atoms with Crippen molar-refractivity contribution in [3.8, 4) is 0 Å². The maximum Gasteiger partial charge on any atom is 0.328 e. The molecule has 8 nitrogen and oxygen atoms in total. The summed E-state index contributed by atoms with van der Waals surface area (Å²) in [6.45, 7) is 7.59. The number of rotatable bonds is 9. The van der Waals surface area contributed by atoms with E-state index in [4.69, 9.17) is 0 Å².